The van der Waals surface area contributed by atoms with Crippen LogP contribution < -0.4 is 97.0 Å². The number of rotatable bonds is 54. The third kappa shape index (κ3) is 39.5. The zero-order chi connectivity index (χ0) is 87.2. The van der Waals surface area contributed by atoms with E-state index < -0.39 is 308 Å². The van der Waals surface area contributed by atoms with Crippen molar-refractivity contribution in [1.82, 2.24) is 79.8 Å². The van der Waals surface area contributed by atoms with Gasteiger partial charge in [0.25, 0.3) is 0 Å². The van der Waals surface area contributed by atoms with Crippen LogP contribution >= 0.6 is 50.5 Å². The fourth-order valence-electron chi connectivity index (χ4n) is 9.95. The fraction of sp³-hybridized carbons (Fsp3) is 0.677. The Bertz CT molecular complexity index is 3410. The van der Waals surface area contributed by atoms with E-state index in [0.29, 0.717) is 0 Å². The molecule has 0 aliphatic rings. The van der Waals surface area contributed by atoms with E-state index in [1.807, 2.05) is 5.32 Å². The van der Waals surface area contributed by atoms with Crippen molar-refractivity contribution in [2.45, 2.75) is 224 Å². The van der Waals surface area contributed by atoms with Gasteiger partial charge in [-0.3, -0.25) is 95.9 Å². The summed E-state index contributed by atoms with van der Waals surface area (Å²) in [7, 11) is 0. The number of carbonyl (C=O) groups excluding carboxylic acids is 17. The molecule has 0 aromatic carbocycles. The quantitative estimate of drug-likeness (QED) is 0.0252. The Hall–Kier alpha value is -9.81. The smallest absolute Gasteiger partial charge is 0.326 e. The van der Waals surface area contributed by atoms with Gasteiger partial charge < -0.3 is 122 Å². The first-order valence-corrected chi connectivity index (χ1v) is 37.8. The van der Waals surface area contributed by atoms with E-state index in [4.69, 9.17) is 17.2 Å². The van der Waals surface area contributed by atoms with Crippen LogP contribution in [0.5, 0.6) is 0 Å². The summed E-state index contributed by atoms with van der Waals surface area (Å²) >= 11 is 16.4. The van der Waals surface area contributed by atoms with Crippen molar-refractivity contribution in [2.24, 2.45) is 40.9 Å². The number of thiol groups is 4. The number of nitrogens with two attached hydrogens (primary N) is 3. The van der Waals surface area contributed by atoms with E-state index in [1.165, 1.54) is 34.6 Å². The number of primary amides is 2. The number of amides is 17. The Balaban J connectivity index is 6.50. The molecule has 0 bridgehead atoms. The number of aliphatic hydroxyl groups is 1. The predicted octanol–water partition coefficient (Wildman–Crippen LogP) is -9.22. The largest absolute Gasteiger partial charge is 0.481 e. The summed E-state index contributed by atoms with van der Waals surface area (Å²) in [6, 6.07) is -24.8. The Morgan fingerprint density at radius 2 is 0.628 bits per heavy atom. The molecule has 0 aromatic rings. The van der Waals surface area contributed by atoms with Crippen LogP contribution in [0.1, 0.15) is 127 Å². The zero-order valence-electron chi connectivity index (χ0n) is 63.8. The second kappa shape index (κ2) is 51.8. The molecule has 26 N–H and O–H groups in total. The molecule has 0 spiro atoms. The average molecular weight is 1690 g/mol. The van der Waals surface area contributed by atoms with Gasteiger partial charge in [-0.25, -0.2) is 4.79 Å². The molecule has 0 saturated heterocycles. The van der Waals surface area contributed by atoms with Gasteiger partial charge in [-0.05, 0) is 63.2 Å². The van der Waals surface area contributed by atoms with Crippen molar-refractivity contribution >= 4 is 175 Å². The lowest BCUT2D eigenvalue weighted by Gasteiger charge is -2.29. The highest BCUT2D eigenvalue weighted by Crippen LogP contribution is 2.13. The van der Waals surface area contributed by atoms with E-state index in [-0.39, 0.29) is 24.5 Å². The number of carboxylic acids is 4. The Labute approximate surface area is 671 Å². The molecule has 7 unspecified atom stereocenters. The minimum Gasteiger partial charge on any atom is -0.481 e. The molecular weight excluding hydrogens is 1580 g/mol. The van der Waals surface area contributed by atoms with Gasteiger partial charge in [0.15, 0.2) is 0 Å². The van der Waals surface area contributed by atoms with Crippen LogP contribution in [-0.2, 0) is 101 Å². The van der Waals surface area contributed by atoms with Crippen LogP contribution in [0.2, 0.25) is 0 Å². The maximum absolute atomic E-state index is 14.1. The molecule has 0 saturated carbocycles. The van der Waals surface area contributed by atoms with E-state index in [9.17, 15) is 126 Å². The standard InChI is InChI=1S/C65H108N18O26S4/c1-25(2)15-34(75-53(96)32(11-13-45(88)89)73-59(102)39(22-111)79-54(97)33(12-14-46(90)91)72-56(99)36(19-47(92)93)74-52(95)31(66)17-42(67)85)55(98)80-41(24-113)60(103)82-49(28(7)8)64(107)76-35(18-43(68)86)57(100)81-48(27(5)6)63(106)70-29(9)51(94)78-40(23-112)61(104)83-50(30(10)84)62(105)69-20-44(87)71-38(21-110)58(101)77-37(65(108)109)16-26(3)4/h25-41,48-50,84,110-113H,11-24,66H2,1-10H3,(H2,67,85)(H2,68,86)(H,69,105)(H,70,106)(H,71,87)(H,72,99)(H,73,102)(H,74,95)(H,75,96)(H,76,107)(H,77,101)(H,78,94)(H,79,97)(H,80,98)(H,81,100)(H,82,103)(H,83,104)(H,88,89)(H,90,91)(H,92,93)(H,108,109)/t29-,30+,31-,32-,33-,34?,35-,36?,37?,38-,39?,40?,41-,48?,49?,50-/m0/s1. The van der Waals surface area contributed by atoms with E-state index in [2.05, 4.69) is 125 Å². The molecule has 0 rings (SSSR count). The molecule has 638 valence electrons. The topological polar surface area (TPSA) is 718 Å². The van der Waals surface area contributed by atoms with Gasteiger partial charge in [0, 0.05) is 35.9 Å². The molecule has 0 aliphatic carbocycles. The molecule has 0 fully saturated rings. The lowest BCUT2D eigenvalue weighted by Crippen LogP contribution is -2.62. The highest BCUT2D eigenvalue weighted by molar-refractivity contribution is 7.80. The SMILES string of the molecule is CC(C)CC(NC(=O)[C@H](CS)NC(=O)CNC(=O)[C@@H](NC(=O)C(CS)NC(=O)[C@H](C)NC(=O)C(NC(=O)[C@H](CC(N)=O)NC(=O)C(NC(=O)[C@H](CS)NC(=O)C(CC(C)C)NC(=O)[C@H](CCC(=O)O)NC(=O)C(CS)NC(=O)[C@H](CCC(=O)O)NC(=O)C(CC(=O)O)NC(=O)[C@@H](N)CC(N)=O)C(C)C)C(C)C)[C@@H](C)O)C(=O)O. The van der Waals surface area contributed by atoms with Gasteiger partial charge in [0.05, 0.1) is 38.0 Å². The molecule has 17 amide bonds. The lowest BCUT2D eigenvalue weighted by molar-refractivity contribution is -0.143. The highest BCUT2D eigenvalue weighted by Gasteiger charge is 2.40. The van der Waals surface area contributed by atoms with Gasteiger partial charge >= 0.3 is 23.9 Å². The van der Waals surface area contributed by atoms with Gasteiger partial charge in [-0.1, -0.05) is 55.4 Å². The van der Waals surface area contributed by atoms with Crippen molar-refractivity contribution in [2.75, 3.05) is 29.6 Å². The third-order valence-corrected chi connectivity index (χ3v) is 17.5. The summed E-state index contributed by atoms with van der Waals surface area (Å²) in [6.07, 6.45) is -7.51. The van der Waals surface area contributed by atoms with Crippen molar-refractivity contribution in [3.8, 4) is 0 Å². The summed E-state index contributed by atoms with van der Waals surface area (Å²) in [5.41, 5.74) is 16.2. The van der Waals surface area contributed by atoms with Crippen LogP contribution in [0.4, 0.5) is 0 Å². The number of hydrogen-bond acceptors (Lipinski definition) is 27. The number of nitrogens with one attached hydrogen (secondary N) is 15. The first-order valence-electron chi connectivity index (χ1n) is 35.3. The van der Waals surface area contributed by atoms with Crippen molar-refractivity contribution in [3.05, 3.63) is 0 Å². The van der Waals surface area contributed by atoms with Crippen molar-refractivity contribution in [1.29, 1.82) is 0 Å². The van der Waals surface area contributed by atoms with E-state index >= 15 is 0 Å². The van der Waals surface area contributed by atoms with Gasteiger partial charge in [-0.2, -0.15) is 50.5 Å². The molecule has 0 aliphatic heterocycles. The van der Waals surface area contributed by atoms with Gasteiger partial charge in [0.2, 0.25) is 100 Å². The van der Waals surface area contributed by atoms with Crippen LogP contribution in [0, 0.1) is 23.7 Å². The normalized spacial score (nSPS) is 15.4. The maximum Gasteiger partial charge on any atom is 0.326 e. The molecule has 113 heavy (non-hydrogen) atoms. The van der Waals surface area contributed by atoms with Crippen molar-refractivity contribution in [3.63, 3.8) is 0 Å². The number of carboxylic acid groups (broad SMARTS) is 4. The lowest BCUT2D eigenvalue weighted by atomic mass is 10.00. The molecule has 0 aromatic heterocycles. The monoisotopic (exact) mass is 1680 g/mol. The summed E-state index contributed by atoms with van der Waals surface area (Å²) in [5.74, 6) is -28.9. The average Bonchev–Trinajstić information content (AvgIpc) is 0.853. The maximum atomic E-state index is 14.1. The fourth-order valence-corrected chi connectivity index (χ4v) is 11.0. The zero-order valence-corrected chi connectivity index (χ0v) is 67.4. The van der Waals surface area contributed by atoms with Crippen LogP contribution in [0.15, 0.2) is 0 Å². The number of aliphatic hydroxyl groups excluding tert-OH is 1. The second-order valence-corrected chi connectivity index (χ2v) is 29.0. The summed E-state index contributed by atoms with van der Waals surface area (Å²) in [6.45, 7) is 14.0. The molecule has 0 heterocycles. The Morgan fingerprint density at radius 1 is 0.319 bits per heavy atom. The molecule has 48 heteroatoms. The van der Waals surface area contributed by atoms with E-state index in [0.717, 1.165) is 6.92 Å². The summed E-state index contributed by atoms with van der Waals surface area (Å²) in [4.78, 5) is 274. The van der Waals surface area contributed by atoms with Crippen LogP contribution in [-0.4, -0.2) is 276 Å². The summed E-state index contributed by atoms with van der Waals surface area (Å²) in [5, 5.41) is 82.7. The first kappa shape index (κ1) is 103. The Morgan fingerprint density at radius 3 is 1.01 bits per heavy atom. The number of aliphatic carboxylic acids is 4. The van der Waals surface area contributed by atoms with E-state index in [1.54, 1.807) is 27.7 Å². The molecule has 16 atom stereocenters. The Kier molecular flexibility index (Phi) is 47.3. The number of carbonyl (C=O) groups is 21. The molecule has 0 radical (unpaired) electrons. The van der Waals surface area contributed by atoms with Crippen LogP contribution in [0.3, 0.4) is 0 Å². The molecular formula is C65H108N18O26S4. The first-order chi connectivity index (χ1) is 52.4. The minimum atomic E-state index is -1.98. The third-order valence-electron chi connectivity index (χ3n) is 16.0. The van der Waals surface area contributed by atoms with Gasteiger partial charge in [-0.15, -0.1) is 0 Å². The summed E-state index contributed by atoms with van der Waals surface area (Å²) < 4.78 is 0. The predicted molar refractivity (Wildman–Crippen MR) is 411 cm³/mol. The second-order valence-electron chi connectivity index (χ2n) is 27.5. The highest BCUT2D eigenvalue weighted by atomic mass is 32.1. The van der Waals surface area contributed by atoms with Crippen molar-refractivity contribution < 1.29 is 126 Å². The van der Waals surface area contributed by atoms with Gasteiger partial charge in [0.1, 0.15) is 84.6 Å². The van der Waals surface area contributed by atoms with Crippen LogP contribution in [0.25, 0.3) is 0 Å². The molecule has 44 nitrogen and oxygen atoms in total. The minimum absolute atomic E-state index is 0.0748. The number of hydrogen-bond donors (Lipinski definition) is 27.